The molecular formula is C22H24F2N2O3. The van der Waals surface area contributed by atoms with Gasteiger partial charge in [-0.3, -0.25) is 4.79 Å². The molecule has 0 amide bonds. The summed E-state index contributed by atoms with van der Waals surface area (Å²) in [5, 5.41) is 0. The fraction of sp³-hybridized carbons (Fsp3) is 0.455. The van der Waals surface area contributed by atoms with Crippen LogP contribution in [0.2, 0.25) is 0 Å². The third-order valence-electron chi connectivity index (χ3n) is 5.49. The zero-order valence-electron chi connectivity index (χ0n) is 16.4. The highest BCUT2D eigenvalue weighted by molar-refractivity contribution is 5.70. The monoisotopic (exact) mass is 402 g/mol. The first-order chi connectivity index (χ1) is 14.0. The second-order valence-electron chi connectivity index (χ2n) is 7.78. The van der Waals surface area contributed by atoms with Crippen LogP contribution in [0.1, 0.15) is 25.7 Å². The van der Waals surface area contributed by atoms with E-state index in [-0.39, 0.29) is 24.0 Å². The molecule has 1 aromatic heterocycles. The molecule has 1 aliphatic heterocycles. The third kappa shape index (κ3) is 4.66. The topological polar surface area (TPSA) is 51.7 Å². The van der Waals surface area contributed by atoms with E-state index in [2.05, 4.69) is 9.72 Å². The average molecular weight is 402 g/mol. The highest BCUT2D eigenvalue weighted by Gasteiger charge is 2.29. The first kappa shape index (κ1) is 19.6. The lowest BCUT2D eigenvalue weighted by molar-refractivity contribution is -0.141. The fourth-order valence-electron chi connectivity index (χ4n) is 3.68. The van der Waals surface area contributed by atoms with Gasteiger partial charge in [0.1, 0.15) is 17.3 Å². The van der Waals surface area contributed by atoms with Crippen molar-refractivity contribution in [2.24, 2.45) is 11.8 Å². The van der Waals surface area contributed by atoms with Gasteiger partial charge in [-0.05, 0) is 49.3 Å². The number of aromatic nitrogens is 1. The highest BCUT2D eigenvalue weighted by atomic mass is 19.1. The maximum absolute atomic E-state index is 14.8. The van der Waals surface area contributed by atoms with Gasteiger partial charge in [0.05, 0.1) is 25.8 Å². The van der Waals surface area contributed by atoms with Crippen molar-refractivity contribution in [2.45, 2.75) is 25.7 Å². The second-order valence-corrected chi connectivity index (χ2v) is 7.78. The average Bonchev–Trinajstić information content (AvgIpc) is 3.44. The SMILES string of the molecule is COC(=O)C[C@@H]1CCN(c2c(F)cc(-c3cccc(OCC4CC4)n3)cc2F)C1. The third-order valence-corrected chi connectivity index (χ3v) is 5.49. The molecule has 0 N–H and O–H groups in total. The van der Waals surface area contributed by atoms with E-state index >= 15 is 0 Å². The minimum absolute atomic E-state index is 0.0305. The standard InChI is InChI=1S/C22H24F2N2O3/c1-28-21(27)9-15-7-8-26(12-15)22-17(23)10-16(11-18(22)24)19-3-2-4-20(25-19)29-13-14-5-6-14/h2-4,10-11,14-15H,5-9,12-13H2,1H3/t15-/m0/s1. The Morgan fingerprint density at radius 3 is 2.62 bits per heavy atom. The Labute approximate surface area is 168 Å². The van der Waals surface area contributed by atoms with Crippen molar-refractivity contribution in [2.75, 3.05) is 31.7 Å². The van der Waals surface area contributed by atoms with Crippen molar-refractivity contribution in [3.8, 4) is 17.1 Å². The molecule has 1 atom stereocenters. The molecule has 2 aliphatic rings. The molecule has 0 radical (unpaired) electrons. The Morgan fingerprint density at radius 2 is 1.93 bits per heavy atom. The van der Waals surface area contributed by atoms with Crippen LogP contribution < -0.4 is 9.64 Å². The van der Waals surface area contributed by atoms with Crippen LogP contribution in [0, 0.1) is 23.5 Å². The predicted octanol–water partition coefficient (Wildman–Crippen LogP) is 4.21. The smallest absolute Gasteiger partial charge is 0.305 e. The summed E-state index contributed by atoms with van der Waals surface area (Å²) in [5.74, 6) is -0.483. The maximum atomic E-state index is 14.8. The number of ether oxygens (including phenoxy) is 2. The van der Waals surface area contributed by atoms with Crippen molar-refractivity contribution in [3.63, 3.8) is 0 Å². The van der Waals surface area contributed by atoms with Crippen LogP contribution >= 0.6 is 0 Å². The van der Waals surface area contributed by atoms with Gasteiger partial charge in [0.15, 0.2) is 0 Å². The summed E-state index contributed by atoms with van der Waals surface area (Å²) >= 11 is 0. The predicted molar refractivity (Wildman–Crippen MR) is 105 cm³/mol. The number of hydrogen-bond acceptors (Lipinski definition) is 5. The first-order valence-corrected chi connectivity index (χ1v) is 9.94. The van der Waals surface area contributed by atoms with Gasteiger partial charge in [0, 0.05) is 24.7 Å². The lowest BCUT2D eigenvalue weighted by Gasteiger charge is -2.20. The van der Waals surface area contributed by atoms with E-state index < -0.39 is 11.6 Å². The normalized spacial score (nSPS) is 18.7. The van der Waals surface area contributed by atoms with Crippen molar-refractivity contribution < 1.29 is 23.0 Å². The van der Waals surface area contributed by atoms with E-state index in [1.54, 1.807) is 23.1 Å². The van der Waals surface area contributed by atoms with Crippen molar-refractivity contribution in [1.29, 1.82) is 0 Å². The van der Waals surface area contributed by atoms with Gasteiger partial charge in [-0.15, -0.1) is 0 Å². The number of pyridine rings is 1. The fourth-order valence-corrected chi connectivity index (χ4v) is 3.68. The molecule has 29 heavy (non-hydrogen) atoms. The number of esters is 1. The zero-order chi connectivity index (χ0) is 20.4. The van der Waals surface area contributed by atoms with Crippen LogP contribution in [-0.2, 0) is 9.53 Å². The number of carbonyl (C=O) groups excluding carboxylic acids is 1. The summed E-state index contributed by atoms with van der Waals surface area (Å²) in [4.78, 5) is 17.5. The Kier molecular flexibility index (Phi) is 5.65. The molecule has 0 bridgehead atoms. The molecule has 7 heteroatoms. The van der Waals surface area contributed by atoms with Gasteiger partial charge >= 0.3 is 5.97 Å². The van der Waals surface area contributed by atoms with Gasteiger partial charge < -0.3 is 14.4 Å². The summed E-state index contributed by atoms with van der Waals surface area (Å²) in [6, 6.07) is 7.84. The molecule has 154 valence electrons. The van der Waals surface area contributed by atoms with E-state index in [4.69, 9.17) is 4.74 Å². The molecule has 0 spiro atoms. The Hall–Kier alpha value is -2.70. The molecule has 0 unspecified atom stereocenters. The molecular weight excluding hydrogens is 378 g/mol. The maximum Gasteiger partial charge on any atom is 0.305 e. The summed E-state index contributed by atoms with van der Waals surface area (Å²) in [5.41, 5.74) is 0.779. The van der Waals surface area contributed by atoms with Crippen LogP contribution in [0.15, 0.2) is 30.3 Å². The van der Waals surface area contributed by atoms with Crippen LogP contribution in [0.5, 0.6) is 5.88 Å². The molecule has 1 saturated carbocycles. The molecule has 1 saturated heterocycles. The highest BCUT2D eigenvalue weighted by Crippen LogP contribution is 2.34. The molecule has 2 heterocycles. The van der Waals surface area contributed by atoms with Crippen LogP contribution in [0.3, 0.4) is 0 Å². The first-order valence-electron chi connectivity index (χ1n) is 9.94. The Morgan fingerprint density at radius 1 is 1.17 bits per heavy atom. The Balaban J connectivity index is 1.50. The van der Waals surface area contributed by atoms with Crippen LogP contribution in [0.4, 0.5) is 14.5 Å². The van der Waals surface area contributed by atoms with Crippen molar-refractivity contribution in [3.05, 3.63) is 42.0 Å². The van der Waals surface area contributed by atoms with E-state index in [0.29, 0.717) is 49.2 Å². The number of benzene rings is 1. The van der Waals surface area contributed by atoms with Gasteiger partial charge in [-0.2, -0.15) is 0 Å². The van der Waals surface area contributed by atoms with E-state index in [0.717, 1.165) is 0 Å². The minimum Gasteiger partial charge on any atom is -0.477 e. The summed E-state index contributed by atoms with van der Waals surface area (Å²) in [7, 11) is 1.34. The quantitative estimate of drug-likeness (QED) is 0.650. The number of nitrogens with zero attached hydrogens (tertiary/aromatic N) is 2. The number of anilines is 1. The lowest BCUT2D eigenvalue weighted by Crippen LogP contribution is -2.23. The van der Waals surface area contributed by atoms with E-state index in [1.165, 1.54) is 32.1 Å². The summed E-state index contributed by atoms with van der Waals surface area (Å²) in [6.45, 7) is 1.54. The van der Waals surface area contributed by atoms with Gasteiger partial charge in [-0.1, -0.05) is 6.07 Å². The number of hydrogen-bond donors (Lipinski definition) is 0. The van der Waals surface area contributed by atoms with Crippen LogP contribution in [0.25, 0.3) is 11.3 Å². The van der Waals surface area contributed by atoms with Crippen molar-refractivity contribution >= 4 is 11.7 Å². The second kappa shape index (κ2) is 8.35. The van der Waals surface area contributed by atoms with Gasteiger partial charge in [-0.25, -0.2) is 13.8 Å². The number of rotatable bonds is 7. The van der Waals surface area contributed by atoms with Gasteiger partial charge in [0.25, 0.3) is 0 Å². The molecule has 4 rings (SSSR count). The molecule has 1 aromatic carbocycles. The zero-order valence-corrected chi connectivity index (χ0v) is 16.4. The molecule has 2 aromatic rings. The summed E-state index contributed by atoms with van der Waals surface area (Å²) < 4.78 is 40.0. The molecule has 5 nitrogen and oxygen atoms in total. The van der Waals surface area contributed by atoms with Gasteiger partial charge in [0.2, 0.25) is 5.88 Å². The molecule has 1 aliphatic carbocycles. The number of methoxy groups -OCH3 is 1. The minimum atomic E-state index is -0.634. The lowest BCUT2D eigenvalue weighted by atomic mass is 10.1. The molecule has 2 fully saturated rings. The largest absolute Gasteiger partial charge is 0.477 e. The summed E-state index contributed by atoms with van der Waals surface area (Å²) in [6.07, 6.45) is 3.30. The number of carbonyl (C=O) groups is 1. The van der Waals surface area contributed by atoms with Crippen LogP contribution in [-0.4, -0.2) is 37.8 Å². The van der Waals surface area contributed by atoms with E-state index in [1.807, 2.05) is 0 Å². The number of halogens is 2. The van der Waals surface area contributed by atoms with E-state index in [9.17, 15) is 13.6 Å². The van der Waals surface area contributed by atoms with Crippen molar-refractivity contribution in [1.82, 2.24) is 4.98 Å². The Bertz CT molecular complexity index is 878.